The third-order valence-electron chi connectivity index (χ3n) is 5.54. The molecule has 0 saturated carbocycles. The van der Waals surface area contributed by atoms with E-state index in [1.807, 2.05) is 24.9 Å². The van der Waals surface area contributed by atoms with E-state index >= 15 is 0 Å². The van der Waals surface area contributed by atoms with Crippen LogP contribution in [0.1, 0.15) is 56.4 Å². The number of aryl methyl sites for hydroxylation is 5. The van der Waals surface area contributed by atoms with Gasteiger partial charge >= 0.3 is 0 Å². The van der Waals surface area contributed by atoms with Crippen LogP contribution in [0.2, 0.25) is 0 Å². The Morgan fingerprint density at radius 1 is 0.722 bits per heavy atom. The molecule has 2 heterocycles. The van der Waals surface area contributed by atoms with Gasteiger partial charge in [0.1, 0.15) is 0 Å². The van der Waals surface area contributed by atoms with Gasteiger partial charge in [0.2, 0.25) is 0 Å². The molecule has 0 aliphatic carbocycles. The van der Waals surface area contributed by atoms with Crippen LogP contribution in [0.25, 0.3) is 0 Å². The number of Topliss-reactive ketones (excluding diaryl/α,β-unsaturated/α-hetero) is 1. The molecule has 0 N–H and O–H groups in total. The fourth-order valence-corrected chi connectivity index (χ4v) is 3.50. The fraction of sp³-hybridized carbons (Fsp3) is 0.367. The molecule has 4 rings (SSSR count). The summed E-state index contributed by atoms with van der Waals surface area (Å²) in [5.74, 6) is 0.239. The summed E-state index contributed by atoms with van der Waals surface area (Å²) in [7, 11) is 0. The molecular formula is C30H43ClN4O. The van der Waals surface area contributed by atoms with Crippen LogP contribution in [0, 0.1) is 13.8 Å². The molecule has 2 aromatic carbocycles. The summed E-state index contributed by atoms with van der Waals surface area (Å²) in [5, 5.41) is 0. The normalized spacial score (nSPS) is 9.61. The van der Waals surface area contributed by atoms with Crippen molar-refractivity contribution in [2.45, 2.75) is 73.9 Å². The van der Waals surface area contributed by atoms with Gasteiger partial charge in [0, 0.05) is 37.8 Å². The molecule has 0 atom stereocenters. The number of unbranched alkanes of at least 4 members (excludes halogenated alkanes) is 1. The van der Waals surface area contributed by atoms with Crippen molar-refractivity contribution < 1.29 is 4.79 Å². The number of hydrogen-bond acceptors (Lipinski definition) is 3. The van der Waals surface area contributed by atoms with Crippen LogP contribution in [-0.4, -0.2) is 24.9 Å². The molecule has 6 heteroatoms. The summed E-state index contributed by atoms with van der Waals surface area (Å²) in [6.07, 6.45) is 15.9. The zero-order valence-corrected chi connectivity index (χ0v) is 21.0. The Kier molecular flexibility index (Phi) is 16.5. The number of imidazole rings is 2. The first-order valence-corrected chi connectivity index (χ1v) is 11.6. The van der Waals surface area contributed by atoms with E-state index in [0.717, 1.165) is 13.0 Å². The number of halogens is 1. The van der Waals surface area contributed by atoms with Crippen molar-refractivity contribution in [2.24, 2.45) is 0 Å². The van der Waals surface area contributed by atoms with Gasteiger partial charge in [-0.2, -0.15) is 0 Å². The van der Waals surface area contributed by atoms with Gasteiger partial charge in [-0.25, -0.2) is 9.97 Å². The second-order valence-electron chi connectivity index (χ2n) is 8.50. The molecule has 196 valence electrons. The minimum absolute atomic E-state index is 0. The zero-order chi connectivity index (χ0) is 23.3. The first kappa shape index (κ1) is 32.8. The summed E-state index contributed by atoms with van der Waals surface area (Å²) in [6, 6.07) is 17.2. The molecule has 2 aromatic heterocycles. The number of ketones is 1. The molecule has 0 saturated heterocycles. The van der Waals surface area contributed by atoms with Crippen molar-refractivity contribution in [3.63, 3.8) is 0 Å². The SMILES string of the molecule is C.C.Cc1ccc(CCC(=O)Cn2ccnc2)cc1.Cc1ccc(CCCCn2ccnc2)cc1.Cl. The summed E-state index contributed by atoms with van der Waals surface area (Å²) in [6.45, 7) is 5.69. The van der Waals surface area contributed by atoms with E-state index in [9.17, 15) is 4.79 Å². The van der Waals surface area contributed by atoms with Gasteiger partial charge in [-0.15, -0.1) is 12.4 Å². The van der Waals surface area contributed by atoms with E-state index in [4.69, 9.17) is 0 Å². The lowest BCUT2D eigenvalue weighted by Gasteiger charge is -2.03. The monoisotopic (exact) mass is 510 g/mol. The van der Waals surface area contributed by atoms with Gasteiger partial charge in [-0.1, -0.05) is 74.5 Å². The van der Waals surface area contributed by atoms with Gasteiger partial charge < -0.3 is 9.13 Å². The Hall–Kier alpha value is -3.18. The Morgan fingerprint density at radius 3 is 1.72 bits per heavy atom. The first-order chi connectivity index (χ1) is 16.1. The van der Waals surface area contributed by atoms with Crippen LogP contribution >= 0.6 is 12.4 Å². The number of nitrogens with zero attached hydrogens (tertiary/aromatic N) is 4. The maximum Gasteiger partial charge on any atom is 0.152 e. The van der Waals surface area contributed by atoms with Crippen LogP contribution in [0.5, 0.6) is 0 Å². The second kappa shape index (κ2) is 18.1. The molecule has 4 aromatic rings. The molecule has 0 aliphatic rings. The number of benzene rings is 2. The number of hydrogen-bond donors (Lipinski definition) is 0. The highest BCUT2D eigenvalue weighted by molar-refractivity contribution is 5.85. The quantitative estimate of drug-likeness (QED) is 0.210. The van der Waals surface area contributed by atoms with Gasteiger partial charge in [0.25, 0.3) is 0 Å². The number of rotatable bonds is 10. The van der Waals surface area contributed by atoms with Crippen LogP contribution < -0.4 is 0 Å². The van der Waals surface area contributed by atoms with Crippen molar-refractivity contribution in [2.75, 3.05) is 0 Å². The van der Waals surface area contributed by atoms with E-state index in [1.165, 1.54) is 41.5 Å². The van der Waals surface area contributed by atoms with E-state index in [-0.39, 0.29) is 33.0 Å². The van der Waals surface area contributed by atoms with E-state index in [0.29, 0.717) is 13.0 Å². The topological polar surface area (TPSA) is 52.7 Å². The van der Waals surface area contributed by atoms with Crippen molar-refractivity contribution in [3.8, 4) is 0 Å². The average Bonchev–Trinajstić information content (AvgIpc) is 3.53. The van der Waals surface area contributed by atoms with Gasteiger partial charge in [0.05, 0.1) is 19.2 Å². The van der Waals surface area contributed by atoms with E-state index < -0.39 is 0 Å². The standard InChI is InChI=1S/C14H16N2O.C14H18N2.2CH4.ClH/c1-12-2-4-13(5-3-12)6-7-14(17)10-16-9-8-15-11-16;1-13-5-7-14(8-6-13)4-2-3-10-16-11-9-15-12-16;;;/h2-5,8-9,11H,6-7,10H2,1H3;5-9,11-12H,2-4,10H2,1H3;2*1H4;1H. The Morgan fingerprint density at radius 2 is 1.22 bits per heavy atom. The maximum absolute atomic E-state index is 11.7. The molecule has 5 nitrogen and oxygen atoms in total. The summed E-state index contributed by atoms with van der Waals surface area (Å²) >= 11 is 0. The number of carbonyl (C=O) groups excluding carboxylic acids is 1. The lowest BCUT2D eigenvalue weighted by atomic mass is 10.1. The smallest absolute Gasteiger partial charge is 0.152 e. The fourth-order valence-electron chi connectivity index (χ4n) is 3.50. The van der Waals surface area contributed by atoms with Crippen LogP contribution in [0.3, 0.4) is 0 Å². The third kappa shape index (κ3) is 12.5. The molecule has 0 spiro atoms. The van der Waals surface area contributed by atoms with Crippen LogP contribution in [0.4, 0.5) is 0 Å². The average molecular weight is 511 g/mol. The summed E-state index contributed by atoms with van der Waals surface area (Å²) < 4.78 is 3.94. The maximum atomic E-state index is 11.7. The molecule has 0 unspecified atom stereocenters. The van der Waals surface area contributed by atoms with Gasteiger partial charge in [-0.3, -0.25) is 4.79 Å². The van der Waals surface area contributed by atoms with Crippen molar-refractivity contribution in [3.05, 3.63) is 108 Å². The molecule has 0 radical (unpaired) electrons. The second-order valence-corrected chi connectivity index (χ2v) is 8.50. The highest BCUT2D eigenvalue weighted by Gasteiger charge is 2.03. The largest absolute Gasteiger partial charge is 0.337 e. The number of aromatic nitrogens is 4. The Balaban J connectivity index is 0.000000629. The predicted octanol–water partition coefficient (Wildman–Crippen LogP) is 7.30. The zero-order valence-electron chi connectivity index (χ0n) is 20.1. The highest BCUT2D eigenvalue weighted by Crippen LogP contribution is 2.08. The van der Waals surface area contributed by atoms with Gasteiger partial charge in [-0.05, 0) is 50.7 Å². The van der Waals surface area contributed by atoms with E-state index in [2.05, 4.69) is 76.9 Å². The van der Waals surface area contributed by atoms with Crippen LogP contribution in [-0.2, 0) is 30.7 Å². The van der Waals surface area contributed by atoms with Crippen molar-refractivity contribution >= 4 is 18.2 Å². The van der Waals surface area contributed by atoms with Crippen molar-refractivity contribution in [1.82, 2.24) is 19.1 Å². The van der Waals surface area contributed by atoms with E-state index in [1.54, 1.807) is 17.1 Å². The molecule has 0 amide bonds. The van der Waals surface area contributed by atoms with Crippen molar-refractivity contribution in [1.29, 1.82) is 0 Å². The predicted molar refractivity (Wildman–Crippen MR) is 154 cm³/mol. The minimum Gasteiger partial charge on any atom is -0.337 e. The lowest BCUT2D eigenvalue weighted by molar-refractivity contribution is -0.119. The van der Waals surface area contributed by atoms with Crippen LogP contribution in [0.15, 0.2) is 86.0 Å². The first-order valence-electron chi connectivity index (χ1n) is 11.6. The number of carbonyl (C=O) groups is 1. The Labute approximate surface area is 224 Å². The third-order valence-corrected chi connectivity index (χ3v) is 5.54. The molecule has 0 fully saturated rings. The molecular weight excluding hydrogens is 468 g/mol. The molecule has 0 bridgehead atoms. The molecule has 36 heavy (non-hydrogen) atoms. The summed E-state index contributed by atoms with van der Waals surface area (Å²) in [4.78, 5) is 19.6. The minimum atomic E-state index is 0. The highest BCUT2D eigenvalue weighted by atomic mass is 35.5. The Bertz CT molecular complexity index is 1060. The van der Waals surface area contributed by atoms with Gasteiger partial charge in [0.15, 0.2) is 5.78 Å². The lowest BCUT2D eigenvalue weighted by Crippen LogP contribution is -2.09. The molecule has 0 aliphatic heterocycles. The summed E-state index contributed by atoms with van der Waals surface area (Å²) in [5.41, 5.74) is 5.24.